The highest BCUT2D eigenvalue weighted by atomic mass is 16.5. The number of benzene rings is 2. The van der Waals surface area contributed by atoms with Crippen LogP contribution in [0.25, 0.3) is 0 Å². The summed E-state index contributed by atoms with van der Waals surface area (Å²) >= 11 is 0. The van der Waals surface area contributed by atoms with E-state index in [2.05, 4.69) is 48.5 Å². The Morgan fingerprint density at radius 1 is 0.639 bits per heavy atom. The van der Waals surface area contributed by atoms with Gasteiger partial charge in [0.2, 0.25) is 0 Å². The zero-order valence-corrected chi connectivity index (χ0v) is 22.6. The Morgan fingerprint density at radius 3 is 1.36 bits per heavy atom. The second kappa shape index (κ2) is 14.1. The molecule has 0 amide bonds. The highest BCUT2D eigenvalue weighted by Gasteiger charge is 2.38. The average Bonchev–Trinajstić information content (AvgIpc) is 2.93. The van der Waals surface area contributed by atoms with Gasteiger partial charge in [0, 0.05) is 26.1 Å². The van der Waals surface area contributed by atoms with E-state index in [9.17, 15) is 4.79 Å². The monoisotopic (exact) mass is 490 g/mol. The van der Waals surface area contributed by atoms with Crippen molar-refractivity contribution in [1.29, 1.82) is 0 Å². The van der Waals surface area contributed by atoms with Crippen LogP contribution in [0.3, 0.4) is 0 Å². The largest absolute Gasteiger partial charge is 0.380 e. The molecule has 0 radical (unpaired) electrons. The van der Waals surface area contributed by atoms with Crippen molar-refractivity contribution in [2.45, 2.75) is 90.3 Å². The first-order valence-electron chi connectivity index (χ1n) is 14.4. The number of ketones is 1. The highest BCUT2D eigenvalue weighted by Crippen LogP contribution is 2.40. The van der Waals surface area contributed by atoms with Crippen LogP contribution < -0.4 is 0 Å². The van der Waals surface area contributed by atoms with Gasteiger partial charge in [-0.15, -0.1) is 0 Å². The molecule has 196 valence electrons. The molecule has 2 unspecified atom stereocenters. The van der Waals surface area contributed by atoms with Gasteiger partial charge in [-0.2, -0.15) is 0 Å². The van der Waals surface area contributed by atoms with E-state index in [0.29, 0.717) is 30.8 Å². The maximum absolute atomic E-state index is 14.7. The number of hydrogen-bond donors (Lipinski definition) is 0. The maximum atomic E-state index is 14.7. The first kappa shape index (κ1) is 27.1. The Morgan fingerprint density at radius 2 is 1.00 bits per heavy atom. The molecule has 0 spiro atoms. The van der Waals surface area contributed by atoms with Crippen LogP contribution in [0.1, 0.15) is 86.5 Å². The van der Waals surface area contributed by atoms with Gasteiger partial charge in [0.15, 0.2) is 0 Å². The lowest BCUT2D eigenvalue weighted by atomic mass is 9.67. The quantitative estimate of drug-likeness (QED) is 0.305. The summed E-state index contributed by atoms with van der Waals surface area (Å²) in [6.45, 7) is 1.22. The normalized spacial score (nSPS) is 19.2. The van der Waals surface area contributed by atoms with Crippen molar-refractivity contribution in [3.8, 4) is 0 Å². The molecule has 0 aromatic heterocycles. The van der Waals surface area contributed by atoms with Crippen LogP contribution >= 0.6 is 0 Å². The third kappa shape index (κ3) is 7.07. The molecular formula is C33H46O3. The first-order valence-corrected chi connectivity index (χ1v) is 14.4. The summed E-state index contributed by atoms with van der Waals surface area (Å²) in [4.78, 5) is 14.7. The van der Waals surface area contributed by atoms with Crippen molar-refractivity contribution in [3.63, 3.8) is 0 Å². The van der Waals surface area contributed by atoms with Gasteiger partial charge >= 0.3 is 0 Å². The number of ether oxygens (including phenoxy) is 2. The molecule has 4 rings (SSSR count). The highest BCUT2D eigenvalue weighted by molar-refractivity contribution is 5.84. The topological polar surface area (TPSA) is 35.5 Å². The minimum atomic E-state index is 0.102. The van der Waals surface area contributed by atoms with Crippen molar-refractivity contribution in [1.82, 2.24) is 0 Å². The molecule has 0 heterocycles. The van der Waals surface area contributed by atoms with E-state index >= 15 is 0 Å². The molecule has 2 fully saturated rings. The van der Waals surface area contributed by atoms with Crippen LogP contribution in [0.2, 0.25) is 0 Å². The van der Waals surface area contributed by atoms with Gasteiger partial charge in [0.1, 0.15) is 5.78 Å². The van der Waals surface area contributed by atoms with E-state index in [-0.39, 0.29) is 11.8 Å². The van der Waals surface area contributed by atoms with Crippen LogP contribution in [0, 0.1) is 23.7 Å². The number of methoxy groups -OCH3 is 2. The predicted molar refractivity (Wildman–Crippen MR) is 147 cm³/mol. The molecule has 36 heavy (non-hydrogen) atoms. The molecule has 3 nitrogen and oxygen atoms in total. The Bertz CT molecular complexity index is 864. The van der Waals surface area contributed by atoms with Gasteiger partial charge in [-0.25, -0.2) is 0 Å². The maximum Gasteiger partial charge on any atom is 0.140 e. The van der Waals surface area contributed by atoms with Crippen LogP contribution in [0.15, 0.2) is 48.5 Å². The SMILES string of the molecule is COCc1ccccc1CC(C(=O)C(Cc1ccccc1COC)C1CCCCC1)C1CCCCC1. The number of hydrogen-bond acceptors (Lipinski definition) is 3. The fraction of sp³-hybridized carbons (Fsp3) is 0.606. The molecule has 2 aliphatic carbocycles. The summed E-state index contributed by atoms with van der Waals surface area (Å²) in [6, 6.07) is 17.2. The summed E-state index contributed by atoms with van der Waals surface area (Å²) in [5.41, 5.74) is 5.05. The summed E-state index contributed by atoms with van der Waals surface area (Å²) in [5.74, 6) is 1.74. The van der Waals surface area contributed by atoms with Crippen molar-refractivity contribution < 1.29 is 14.3 Å². The van der Waals surface area contributed by atoms with Gasteiger partial charge in [-0.05, 0) is 72.6 Å². The fourth-order valence-corrected chi connectivity index (χ4v) is 6.93. The molecule has 2 atom stereocenters. The van der Waals surface area contributed by atoms with Gasteiger partial charge in [0.05, 0.1) is 13.2 Å². The third-order valence-corrected chi connectivity index (χ3v) is 8.88. The Kier molecular flexibility index (Phi) is 10.6. The number of carbonyl (C=O) groups is 1. The second-order valence-corrected chi connectivity index (χ2v) is 11.2. The molecule has 0 aliphatic heterocycles. The number of Topliss-reactive ketones (excluding diaryl/α,β-unsaturated/α-hetero) is 1. The number of carbonyl (C=O) groups excluding carboxylic acids is 1. The third-order valence-electron chi connectivity index (χ3n) is 8.88. The lowest BCUT2D eigenvalue weighted by Gasteiger charge is -2.36. The van der Waals surface area contributed by atoms with Crippen molar-refractivity contribution in [2.24, 2.45) is 23.7 Å². The van der Waals surface area contributed by atoms with Crippen LogP contribution in [0.4, 0.5) is 0 Å². The van der Waals surface area contributed by atoms with Crippen LogP contribution in [0.5, 0.6) is 0 Å². The average molecular weight is 491 g/mol. The number of rotatable bonds is 12. The van der Waals surface area contributed by atoms with Gasteiger partial charge in [0.25, 0.3) is 0 Å². The zero-order chi connectivity index (χ0) is 25.2. The Labute approximate surface area is 219 Å². The predicted octanol–water partition coefficient (Wildman–Crippen LogP) is 7.73. The summed E-state index contributed by atoms with van der Waals surface area (Å²) < 4.78 is 11.0. The van der Waals surface area contributed by atoms with E-state index in [1.165, 1.54) is 86.5 Å². The minimum absolute atomic E-state index is 0.102. The minimum Gasteiger partial charge on any atom is -0.380 e. The van der Waals surface area contributed by atoms with E-state index in [1.54, 1.807) is 14.2 Å². The lowest BCUT2D eigenvalue weighted by molar-refractivity contribution is -0.131. The standard InChI is InChI=1S/C33H46O3/c1-35-23-29-19-11-9-17-27(29)21-31(25-13-5-3-6-14-25)33(34)32(26-15-7-4-8-16-26)22-28-18-10-12-20-30(28)24-36-2/h9-12,17-20,25-26,31-32H,3-8,13-16,21-24H2,1-2H3. The second-order valence-electron chi connectivity index (χ2n) is 11.2. The van der Waals surface area contributed by atoms with Crippen LogP contribution in [-0.4, -0.2) is 20.0 Å². The lowest BCUT2D eigenvalue weighted by Crippen LogP contribution is -2.37. The van der Waals surface area contributed by atoms with Gasteiger partial charge < -0.3 is 9.47 Å². The molecule has 2 saturated carbocycles. The summed E-state index contributed by atoms with van der Waals surface area (Å²) in [6.07, 6.45) is 14.2. The summed E-state index contributed by atoms with van der Waals surface area (Å²) in [7, 11) is 3.52. The Hall–Kier alpha value is -1.97. The Balaban J connectivity index is 1.66. The van der Waals surface area contributed by atoms with E-state index in [1.807, 2.05) is 0 Å². The van der Waals surface area contributed by atoms with Crippen molar-refractivity contribution >= 4 is 5.78 Å². The molecule has 0 bridgehead atoms. The molecule has 2 aromatic rings. The van der Waals surface area contributed by atoms with E-state index in [0.717, 1.165) is 12.8 Å². The first-order chi connectivity index (χ1) is 17.7. The van der Waals surface area contributed by atoms with Crippen molar-refractivity contribution in [3.05, 3.63) is 70.8 Å². The molecule has 2 aliphatic rings. The summed E-state index contributed by atoms with van der Waals surface area (Å²) in [5, 5.41) is 0. The van der Waals surface area contributed by atoms with E-state index in [4.69, 9.17) is 9.47 Å². The van der Waals surface area contributed by atoms with E-state index < -0.39 is 0 Å². The van der Waals surface area contributed by atoms with Gasteiger partial charge in [-0.3, -0.25) is 4.79 Å². The van der Waals surface area contributed by atoms with Gasteiger partial charge in [-0.1, -0.05) is 87.1 Å². The van der Waals surface area contributed by atoms with Crippen molar-refractivity contribution in [2.75, 3.05) is 14.2 Å². The molecule has 3 heteroatoms. The molecule has 0 N–H and O–H groups in total. The van der Waals surface area contributed by atoms with Crippen LogP contribution in [-0.2, 0) is 40.3 Å². The molecule has 2 aromatic carbocycles. The zero-order valence-electron chi connectivity index (χ0n) is 22.6. The smallest absolute Gasteiger partial charge is 0.140 e. The molecular weight excluding hydrogens is 444 g/mol. The molecule has 0 saturated heterocycles. The fourth-order valence-electron chi connectivity index (χ4n) is 6.93.